The molecule has 0 heterocycles. The van der Waals surface area contributed by atoms with Gasteiger partial charge in [0.05, 0.1) is 12.4 Å². The van der Waals surface area contributed by atoms with E-state index >= 15 is 0 Å². The van der Waals surface area contributed by atoms with Crippen LogP contribution in [-0.2, 0) is 19.1 Å². The second kappa shape index (κ2) is 31.1. The molecule has 0 saturated heterocycles. The Balaban J connectivity index is 6.29. The van der Waals surface area contributed by atoms with Crippen LogP contribution in [0, 0.1) is 5.92 Å². The number of ether oxygens (including phenoxy) is 1. The molecule has 0 amide bonds. The average Bonchev–Trinajstić information content (AvgIpc) is 3.05. The lowest BCUT2D eigenvalue weighted by molar-refractivity contribution is -0.334. The highest BCUT2D eigenvalue weighted by Gasteiger charge is 2.43. The van der Waals surface area contributed by atoms with E-state index in [0.29, 0.717) is 12.8 Å². The van der Waals surface area contributed by atoms with E-state index in [1.54, 1.807) is 0 Å². The molecule has 0 fully saturated rings. The molecule has 0 aliphatic rings. The Morgan fingerprint density at radius 1 is 0.510 bits per heavy atom. The van der Waals surface area contributed by atoms with Gasteiger partial charge in [0, 0.05) is 12.4 Å². The zero-order chi connectivity index (χ0) is 36.6. The molecule has 0 spiro atoms. The summed E-state index contributed by atoms with van der Waals surface area (Å²) in [6, 6.07) is 0. The molecule has 290 valence electrons. The summed E-state index contributed by atoms with van der Waals surface area (Å²) in [4.78, 5) is 36.9. The quantitative estimate of drug-likeness (QED) is 0.0507. The van der Waals surface area contributed by atoms with E-state index in [0.717, 1.165) is 77.0 Å². The maximum atomic E-state index is 13.7. The largest absolute Gasteiger partial charge is 0.550 e. The van der Waals surface area contributed by atoms with Crippen LogP contribution < -0.4 is 10.2 Å². The molecule has 0 saturated carbocycles. The molecule has 2 unspecified atom stereocenters. The van der Waals surface area contributed by atoms with Crippen LogP contribution in [0.15, 0.2) is 0 Å². The molecule has 0 bridgehead atoms. The first kappa shape index (κ1) is 47.4. The summed E-state index contributed by atoms with van der Waals surface area (Å²) >= 11 is 0. The Hall–Kier alpha value is -1.63. The number of aliphatic carboxylic acids is 2. The number of hydrogen-bond donors (Lipinski definition) is 1. The van der Waals surface area contributed by atoms with Crippen LogP contribution in [0.1, 0.15) is 233 Å². The Morgan fingerprint density at radius 2 is 0.837 bits per heavy atom. The molecule has 0 aromatic heterocycles. The van der Waals surface area contributed by atoms with Gasteiger partial charge in [0.1, 0.15) is 11.2 Å². The number of rotatable bonds is 37. The van der Waals surface area contributed by atoms with Gasteiger partial charge in [-0.3, -0.25) is 4.79 Å². The average molecular weight is 695 g/mol. The van der Waals surface area contributed by atoms with Gasteiger partial charge < -0.3 is 29.6 Å². The molecular weight excluding hydrogens is 616 g/mol. The molecule has 0 aromatic carbocycles. The van der Waals surface area contributed by atoms with Crippen molar-refractivity contribution in [3.05, 3.63) is 0 Å². The molecular formula is C42H78O7-2. The van der Waals surface area contributed by atoms with Gasteiger partial charge in [-0.1, -0.05) is 182 Å². The van der Waals surface area contributed by atoms with Crippen molar-refractivity contribution in [3.63, 3.8) is 0 Å². The maximum Gasteiger partial charge on any atom is 0.309 e. The van der Waals surface area contributed by atoms with Crippen molar-refractivity contribution >= 4 is 17.9 Å². The smallest absolute Gasteiger partial charge is 0.309 e. The summed E-state index contributed by atoms with van der Waals surface area (Å²) in [5.74, 6) is -4.46. The zero-order valence-electron chi connectivity index (χ0n) is 32.6. The SMILES string of the molecule is CCCCCCCCCCC(CCCCCCCC)C(CCCCCCCC)(CCCCCCCC)OC(=O)CC(O)(CC(=O)[O-])C(=O)[O-]. The summed E-state index contributed by atoms with van der Waals surface area (Å²) in [5, 5.41) is 33.9. The Morgan fingerprint density at radius 3 is 1.16 bits per heavy atom. The molecule has 0 rings (SSSR count). The van der Waals surface area contributed by atoms with Gasteiger partial charge in [-0.05, 0) is 44.4 Å². The van der Waals surface area contributed by atoms with Gasteiger partial charge in [-0.2, -0.15) is 0 Å². The second-order valence-electron chi connectivity index (χ2n) is 15.1. The first-order valence-electron chi connectivity index (χ1n) is 21.0. The van der Waals surface area contributed by atoms with Gasteiger partial charge in [0.2, 0.25) is 0 Å². The van der Waals surface area contributed by atoms with Crippen LogP contribution in [0.25, 0.3) is 0 Å². The van der Waals surface area contributed by atoms with Gasteiger partial charge >= 0.3 is 5.97 Å². The van der Waals surface area contributed by atoms with Gasteiger partial charge in [0.15, 0.2) is 0 Å². The van der Waals surface area contributed by atoms with Crippen LogP contribution in [0.4, 0.5) is 0 Å². The maximum absolute atomic E-state index is 13.7. The number of carboxylic acid groups (broad SMARTS) is 2. The molecule has 0 aliphatic carbocycles. The highest BCUT2D eigenvalue weighted by molar-refractivity contribution is 5.87. The van der Waals surface area contributed by atoms with Crippen LogP contribution in [0.3, 0.4) is 0 Å². The van der Waals surface area contributed by atoms with Crippen LogP contribution in [-0.4, -0.2) is 34.2 Å². The van der Waals surface area contributed by atoms with E-state index < -0.39 is 42.0 Å². The predicted octanol–water partition coefficient (Wildman–Crippen LogP) is 9.68. The molecule has 49 heavy (non-hydrogen) atoms. The molecule has 2 atom stereocenters. The van der Waals surface area contributed by atoms with Crippen molar-refractivity contribution in [1.29, 1.82) is 0 Å². The topological polar surface area (TPSA) is 127 Å². The van der Waals surface area contributed by atoms with Gasteiger partial charge in [0.25, 0.3) is 0 Å². The van der Waals surface area contributed by atoms with Crippen molar-refractivity contribution in [2.24, 2.45) is 5.92 Å². The fourth-order valence-electron chi connectivity index (χ4n) is 7.44. The minimum absolute atomic E-state index is 0.131. The Kier molecular flexibility index (Phi) is 30.1. The van der Waals surface area contributed by atoms with E-state index in [1.807, 2.05) is 0 Å². The fraction of sp³-hybridized carbons (Fsp3) is 0.929. The lowest BCUT2D eigenvalue weighted by Crippen LogP contribution is -2.54. The minimum Gasteiger partial charge on any atom is -0.550 e. The summed E-state index contributed by atoms with van der Waals surface area (Å²) in [7, 11) is 0. The third-order valence-corrected chi connectivity index (χ3v) is 10.5. The standard InChI is InChI=1S/C42H80O7/c1-5-9-13-17-21-22-24-28-32-37(31-27-23-18-14-10-6-2)42(33-29-25-19-15-11-7-3,34-30-26-20-16-12-8-4)49-39(45)36-41(48,40(46)47)35-38(43)44/h37,48H,5-36H2,1-4H3,(H,43,44)(H,46,47)/p-2. The summed E-state index contributed by atoms with van der Waals surface area (Å²) < 4.78 is 6.50. The number of carboxylic acids is 2. The van der Waals surface area contributed by atoms with Gasteiger partial charge in [-0.15, -0.1) is 0 Å². The van der Waals surface area contributed by atoms with Crippen molar-refractivity contribution in [2.45, 2.75) is 244 Å². The van der Waals surface area contributed by atoms with Crippen molar-refractivity contribution in [2.75, 3.05) is 0 Å². The summed E-state index contributed by atoms with van der Waals surface area (Å²) in [6.45, 7) is 8.87. The minimum atomic E-state index is -2.87. The number of carbonyl (C=O) groups is 3. The monoisotopic (exact) mass is 695 g/mol. The highest BCUT2D eigenvalue weighted by Crippen LogP contribution is 2.41. The summed E-state index contributed by atoms with van der Waals surface area (Å²) in [5.41, 5.74) is -3.64. The Labute approximate surface area is 302 Å². The lowest BCUT2D eigenvalue weighted by Gasteiger charge is -2.42. The first-order chi connectivity index (χ1) is 23.6. The molecule has 7 nitrogen and oxygen atoms in total. The number of aliphatic hydroxyl groups is 1. The van der Waals surface area contributed by atoms with E-state index in [1.165, 1.54) is 103 Å². The highest BCUT2D eigenvalue weighted by atomic mass is 16.6. The van der Waals surface area contributed by atoms with E-state index in [-0.39, 0.29) is 5.92 Å². The first-order valence-corrected chi connectivity index (χ1v) is 21.0. The third kappa shape index (κ3) is 24.2. The van der Waals surface area contributed by atoms with Crippen molar-refractivity contribution < 1.29 is 34.4 Å². The van der Waals surface area contributed by atoms with Crippen molar-refractivity contribution in [1.82, 2.24) is 0 Å². The van der Waals surface area contributed by atoms with E-state index in [4.69, 9.17) is 4.74 Å². The van der Waals surface area contributed by atoms with Crippen LogP contribution >= 0.6 is 0 Å². The van der Waals surface area contributed by atoms with Crippen LogP contribution in [0.2, 0.25) is 0 Å². The molecule has 0 radical (unpaired) electrons. The lowest BCUT2D eigenvalue weighted by atomic mass is 9.73. The number of unbranched alkanes of at least 4 members (excludes halogenated alkanes) is 22. The number of hydrogen-bond acceptors (Lipinski definition) is 7. The molecule has 7 heteroatoms. The van der Waals surface area contributed by atoms with Crippen molar-refractivity contribution in [3.8, 4) is 0 Å². The summed E-state index contributed by atoms with van der Waals surface area (Å²) in [6.07, 6.45) is 31.3. The number of esters is 1. The van der Waals surface area contributed by atoms with Crippen LogP contribution in [0.5, 0.6) is 0 Å². The zero-order valence-corrected chi connectivity index (χ0v) is 32.6. The number of carbonyl (C=O) groups excluding carboxylic acids is 3. The molecule has 0 aromatic rings. The van der Waals surface area contributed by atoms with E-state index in [9.17, 15) is 29.7 Å². The Bertz CT molecular complexity index is 797. The second-order valence-corrected chi connectivity index (χ2v) is 15.1. The van der Waals surface area contributed by atoms with Gasteiger partial charge in [-0.25, -0.2) is 0 Å². The normalized spacial score (nSPS) is 13.7. The fourth-order valence-corrected chi connectivity index (χ4v) is 7.44. The van der Waals surface area contributed by atoms with E-state index in [2.05, 4.69) is 27.7 Å². The molecule has 0 aliphatic heterocycles. The molecule has 1 N–H and O–H groups in total. The predicted molar refractivity (Wildman–Crippen MR) is 198 cm³/mol. The third-order valence-electron chi connectivity index (χ3n) is 10.5.